The van der Waals surface area contributed by atoms with E-state index in [0.29, 0.717) is 0 Å². The summed E-state index contributed by atoms with van der Waals surface area (Å²) in [6, 6.07) is -15.9. The van der Waals surface area contributed by atoms with Crippen molar-refractivity contribution in [1.29, 1.82) is 0 Å². The Morgan fingerprint density at radius 1 is 0.0833 bits per heavy atom. The van der Waals surface area contributed by atoms with E-state index in [9.17, 15) is 0 Å². The van der Waals surface area contributed by atoms with Crippen LogP contribution >= 0.6 is 0 Å². The van der Waals surface area contributed by atoms with Crippen molar-refractivity contribution in [2.75, 3.05) is 133 Å². The topological polar surface area (TPSA) is 471 Å². The van der Waals surface area contributed by atoms with Crippen molar-refractivity contribution >= 4 is 121 Å². The predicted molar refractivity (Wildman–Crippen MR) is 355 cm³/mol. The summed E-state index contributed by atoms with van der Waals surface area (Å²) in [6.45, 7) is -12.4. The van der Waals surface area contributed by atoms with Crippen LogP contribution in [0, 0.1) is 0 Å². The highest BCUT2D eigenvalue weighted by molar-refractivity contribution is 5.98. The number of urea groups is 20. The quantitative estimate of drug-likeness (QED) is 0.217. The van der Waals surface area contributed by atoms with E-state index in [1.165, 1.54) is 196 Å². The minimum Gasteiger partial charge on any atom is -0.282 e. The molecular weight excluding hydrogens is 1600 g/mol. The predicted octanol–water partition coefficient (Wildman–Crippen LogP) is -9.44. The van der Waals surface area contributed by atoms with Crippen LogP contribution in [0.1, 0.15) is 0 Å². The summed E-state index contributed by atoms with van der Waals surface area (Å²) >= 11 is 0. The van der Waals surface area contributed by atoms with E-state index in [-0.39, 0.29) is 0 Å². The van der Waals surface area contributed by atoms with Gasteiger partial charge in [-0.1, -0.05) is 0 Å². The van der Waals surface area contributed by atoms with E-state index in [2.05, 4.69) is 0 Å². The second-order valence-corrected chi connectivity index (χ2v) is 35.5. The van der Waals surface area contributed by atoms with Crippen molar-refractivity contribution in [2.45, 2.75) is 123 Å². The van der Waals surface area contributed by atoms with Crippen LogP contribution in [0.3, 0.4) is 0 Å². The molecule has 40 amide bonds. The van der Waals surface area contributed by atoms with Crippen molar-refractivity contribution in [2.24, 2.45) is 0 Å². The minimum atomic E-state index is -1.35. The summed E-state index contributed by atoms with van der Waals surface area (Å²) in [5.41, 5.74) is 0. The third-order valence-electron chi connectivity index (χ3n) is 31.4. The van der Waals surface area contributed by atoms with E-state index in [1.54, 1.807) is 0 Å². The molecule has 30 heterocycles. The molecule has 0 aromatic carbocycles. The lowest BCUT2D eigenvalue weighted by molar-refractivity contribution is -0.0210. The summed E-state index contributed by atoms with van der Waals surface area (Å²) in [5.74, 6) is 0. The third kappa shape index (κ3) is 5.99. The van der Waals surface area contributed by atoms with Gasteiger partial charge in [0.2, 0.25) is 0 Å². The molecule has 0 aromatic heterocycles. The Bertz CT molecular complexity index is 3800. The van der Waals surface area contributed by atoms with Crippen LogP contribution in [0.15, 0.2) is 0 Å². The van der Waals surface area contributed by atoms with Gasteiger partial charge in [0.1, 0.15) is 133 Å². The average Bonchev–Trinajstić information content (AvgIpc) is 1.52. The third-order valence-corrected chi connectivity index (χ3v) is 31.4. The molecule has 0 N–H and O–H groups in total. The van der Waals surface area contributed by atoms with Gasteiger partial charge in [0, 0.05) is 0 Å². The van der Waals surface area contributed by atoms with Gasteiger partial charge < -0.3 is 0 Å². The molecule has 30 aliphatic rings. The Balaban J connectivity index is 0.547. The van der Waals surface area contributed by atoms with Crippen LogP contribution in [0.4, 0.5) is 95.9 Å². The normalized spacial score (nSPS) is 40.3. The molecule has 0 bridgehead atoms. The Morgan fingerprint density at radius 3 is 0.150 bits per heavy atom. The fraction of sp³-hybridized carbons (Fsp3) is 0.667. The van der Waals surface area contributed by atoms with E-state index in [4.69, 9.17) is 0 Å². The van der Waals surface area contributed by atoms with Crippen LogP contribution in [-0.4, -0.2) is 573 Å². The largest absolute Gasteiger partial charge is 0.326 e. The lowest BCUT2D eigenvalue weighted by Gasteiger charge is -2.42. The molecule has 30 saturated heterocycles. The smallest absolute Gasteiger partial charge is 0.282 e. The van der Waals surface area contributed by atoms with Gasteiger partial charge >= 0.3 is 121 Å². The van der Waals surface area contributed by atoms with Gasteiger partial charge in [0.05, 0.1) is 0 Å². The monoisotopic (exact) mass is 1660 g/mol. The van der Waals surface area contributed by atoms with Gasteiger partial charge in [-0.2, -0.15) is 0 Å². The SMILES string of the molecule is O=C1N2CN3C(=O)N4CN5C(=O)N6CN7C(=O)N8CN9C(=O)N%10CN%11C(=O)N%12CN%13C(=O)N%14CN%15C(=O)N%16CN%17C(=O)N%18CN%19C(=O)N%20CN1C1C2N2CN%21C(=O)N(CN%22C(=O)N(CN%23C(=O)N(CN%24C(=O)N(CN%25C(=O)N(CN%26C(=O)N(CN%27C(=O)N(CN%28C(=O)N(CN%29C(=O)N(CN1C2=O)C%20C%19%29)C%18C%17%28)C%16C%15%27)C%14C%13%26)C%12C%11%25)C%10C9%24)C8C7%23)C6C5%22)C4C3%21. The van der Waals surface area contributed by atoms with Crippen LogP contribution in [0.25, 0.3) is 0 Å². The average molecular weight is 1660 g/mol. The minimum absolute atomic E-state index is 0.618. The summed E-state index contributed by atoms with van der Waals surface area (Å²) in [6.07, 6.45) is -27.0. The van der Waals surface area contributed by atoms with Gasteiger partial charge in [-0.3, -0.25) is 196 Å². The van der Waals surface area contributed by atoms with Crippen molar-refractivity contribution in [3.05, 3.63) is 0 Å². The van der Waals surface area contributed by atoms with Gasteiger partial charge in [0.25, 0.3) is 0 Å². The van der Waals surface area contributed by atoms with Crippen LogP contribution in [0.2, 0.25) is 0 Å². The zero-order valence-electron chi connectivity index (χ0n) is 61.7. The maximum absolute atomic E-state index is 15.8. The Kier molecular flexibility index (Phi) is 9.68. The second-order valence-electron chi connectivity index (χ2n) is 35.5. The number of carbonyl (C=O) groups is 20. The molecule has 60 heteroatoms. The molecule has 0 aliphatic carbocycles. The standard InChI is InChI=1S/C60H60N40O20/c101-41-61-1-62-22-24-66(42(62)102)4-70-26-28-74(46(70)106)8-78-30-32-82(50(78)110)12-86-34-36-90(54(86)114)16-94-38-40-98(58(94)118)19-97-39-37-93(57(97)117)15-89-35-33-85(53(89)113)11-81-31-29-77(49(81)109)7-73-27-25-69(45(73)105)3-65(41)23-21(61)63-2-64(22)44(104)68(24)6-72(26)48(108)76(28)10-80(30)52(112)84(32)14-88(34)56(116)92(36)18-96(38)60(120)100(40)20-99(39)59(119)95(37)17-91(35)55(115)87(33)13-83(31)51(111)79(29)9-75(27)47(107)71(25)5-67(23)43(63)103/h21-40H,1-20H2. The molecule has 60 nitrogen and oxygen atoms in total. The Morgan fingerprint density at radius 2 is 0.117 bits per heavy atom. The maximum Gasteiger partial charge on any atom is 0.326 e. The maximum atomic E-state index is 15.8. The van der Waals surface area contributed by atoms with Crippen LogP contribution < -0.4 is 0 Å². The first-order chi connectivity index (χ1) is 57.9. The summed E-state index contributed by atoms with van der Waals surface area (Å²) in [5, 5.41) is 0. The number of hydrogen-bond donors (Lipinski definition) is 0. The number of nitrogens with zero attached hydrogens (tertiary/aromatic N) is 40. The molecule has 0 saturated carbocycles. The molecule has 30 aliphatic heterocycles. The number of rotatable bonds is 0. The fourth-order valence-electron chi connectivity index (χ4n) is 26.7. The van der Waals surface area contributed by atoms with Crippen molar-refractivity contribution in [1.82, 2.24) is 196 Å². The molecule has 620 valence electrons. The fourth-order valence-corrected chi connectivity index (χ4v) is 26.7. The molecule has 0 spiro atoms. The van der Waals surface area contributed by atoms with E-state index < -0.39 is 377 Å². The molecular formula is C60H60N40O20. The number of carbonyl (C=O) groups excluding carboxylic acids is 20. The Labute approximate surface area is 667 Å². The molecule has 30 fully saturated rings. The first-order valence-electron chi connectivity index (χ1n) is 39.3. The number of amides is 40. The first kappa shape index (κ1) is 62.7. The van der Waals surface area contributed by atoms with E-state index in [0.717, 1.165) is 0 Å². The highest BCUT2D eigenvalue weighted by atomic mass is 16.3. The van der Waals surface area contributed by atoms with Gasteiger partial charge in [-0.05, 0) is 0 Å². The van der Waals surface area contributed by atoms with Crippen molar-refractivity contribution in [3.8, 4) is 0 Å². The molecule has 0 radical (unpaired) electrons. The zero-order valence-corrected chi connectivity index (χ0v) is 61.7. The Hall–Kier alpha value is -14.6. The number of hydrogen-bond acceptors (Lipinski definition) is 20. The highest BCUT2D eigenvalue weighted by Crippen LogP contribution is 2.56. The van der Waals surface area contributed by atoms with Gasteiger partial charge in [0.15, 0.2) is 123 Å². The molecule has 0 aromatic rings. The second kappa shape index (κ2) is 18.5. The first-order valence-corrected chi connectivity index (χ1v) is 39.3. The van der Waals surface area contributed by atoms with Gasteiger partial charge in [-0.15, -0.1) is 0 Å². The van der Waals surface area contributed by atoms with Crippen LogP contribution in [-0.2, 0) is 0 Å². The summed E-state index contributed by atoms with van der Waals surface area (Å²) in [7, 11) is 0. The van der Waals surface area contributed by atoms with E-state index >= 15 is 95.9 Å². The van der Waals surface area contributed by atoms with Crippen molar-refractivity contribution < 1.29 is 95.9 Å². The summed E-state index contributed by atoms with van der Waals surface area (Å²) < 4.78 is 0. The lowest BCUT2D eigenvalue weighted by Crippen LogP contribution is -2.63. The van der Waals surface area contributed by atoms with Gasteiger partial charge in [-0.25, -0.2) is 95.9 Å². The van der Waals surface area contributed by atoms with Crippen molar-refractivity contribution in [3.63, 3.8) is 0 Å². The lowest BCUT2D eigenvalue weighted by atomic mass is 10.2. The highest BCUT2D eigenvalue weighted by Gasteiger charge is 2.80. The summed E-state index contributed by atoms with van der Waals surface area (Å²) in [4.78, 5) is 365. The molecule has 0 atom stereocenters. The van der Waals surface area contributed by atoms with Crippen LogP contribution in [0.5, 0.6) is 0 Å². The van der Waals surface area contributed by atoms with E-state index in [1.807, 2.05) is 0 Å². The molecule has 30 rings (SSSR count). The molecule has 120 heavy (non-hydrogen) atoms. The molecule has 0 unspecified atom stereocenters. The zero-order chi connectivity index (χ0) is 80.3.